The third-order valence-electron chi connectivity index (χ3n) is 6.91. The number of rotatable bonds is 4. The van der Waals surface area contributed by atoms with E-state index in [0.29, 0.717) is 42.3 Å². The summed E-state index contributed by atoms with van der Waals surface area (Å²) in [7, 11) is 0. The summed E-state index contributed by atoms with van der Waals surface area (Å²) < 4.78 is 6.49. The molecule has 186 valence electrons. The Balaban J connectivity index is 1.36. The standard InChI is InChI=1S/C27H24Cl3N3O3/c1-16(17-5-4-6-18(28)11-17)25(34)32-22-13-27(36-23-8-3-2-7-19(22)23)9-10-33(15-27)26(35)20-14-31-24(30)12-21(20)29/h2-8,11-12,14,16,22H,9-10,13,15H2,1H3,(H,32,34). The first kappa shape index (κ1) is 24.9. The first-order valence-electron chi connectivity index (χ1n) is 11.7. The fraction of sp³-hybridized carbons (Fsp3) is 0.296. The van der Waals surface area contributed by atoms with Crippen LogP contribution in [-0.4, -0.2) is 40.4 Å². The van der Waals surface area contributed by atoms with Crippen molar-refractivity contribution in [3.8, 4) is 5.75 Å². The number of aromatic nitrogens is 1. The summed E-state index contributed by atoms with van der Waals surface area (Å²) in [4.78, 5) is 32.2. The molecule has 2 aliphatic rings. The van der Waals surface area contributed by atoms with Crippen molar-refractivity contribution in [3.05, 3.63) is 92.7 Å². The first-order valence-corrected chi connectivity index (χ1v) is 12.8. The Bertz CT molecular complexity index is 1330. The number of para-hydroxylation sites is 1. The number of carbonyl (C=O) groups is 2. The molecule has 5 rings (SSSR count). The number of fused-ring (bicyclic) bond motifs is 1. The Morgan fingerprint density at radius 2 is 1.94 bits per heavy atom. The molecule has 1 fully saturated rings. The maximum atomic E-state index is 13.3. The van der Waals surface area contributed by atoms with E-state index in [1.165, 1.54) is 12.3 Å². The molecule has 3 unspecified atom stereocenters. The third kappa shape index (κ3) is 4.90. The minimum atomic E-state index is -0.631. The van der Waals surface area contributed by atoms with E-state index in [2.05, 4.69) is 10.3 Å². The third-order valence-corrected chi connectivity index (χ3v) is 7.66. The molecule has 2 aromatic carbocycles. The van der Waals surface area contributed by atoms with Crippen molar-refractivity contribution < 1.29 is 14.3 Å². The highest BCUT2D eigenvalue weighted by molar-refractivity contribution is 6.36. The van der Waals surface area contributed by atoms with E-state index in [1.807, 2.05) is 49.4 Å². The van der Waals surface area contributed by atoms with Crippen molar-refractivity contribution in [2.24, 2.45) is 0 Å². The molecule has 6 nitrogen and oxygen atoms in total. The van der Waals surface area contributed by atoms with Gasteiger partial charge in [0.25, 0.3) is 5.91 Å². The van der Waals surface area contributed by atoms with Gasteiger partial charge in [-0.2, -0.15) is 0 Å². The summed E-state index contributed by atoms with van der Waals surface area (Å²) in [6.45, 7) is 2.73. The van der Waals surface area contributed by atoms with Crippen LogP contribution in [0.1, 0.15) is 53.2 Å². The Labute approximate surface area is 224 Å². The molecule has 3 aromatic rings. The van der Waals surface area contributed by atoms with Crippen LogP contribution >= 0.6 is 34.8 Å². The second kappa shape index (κ2) is 9.92. The molecule has 0 aliphatic carbocycles. The normalized spacial score (nSPS) is 21.6. The number of carbonyl (C=O) groups excluding carboxylic acids is 2. The Morgan fingerprint density at radius 1 is 1.14 bits per heavy atom. The van der Waals surface area contributed by atoms with Crippen molar-refractivity contribution in [2.45, 2.75) is 37.3 Å². The lowest BCUT2D eigenvalue weighted by Crippen LogP contribution is -2.48. The van der Waals surface area contributed by atoms with Gasteiger partial charge in [0, 0.05) is 36.2 Å². The molecular weight excluding hydrogens is 521 g/mol. The van der Waals surface area contributed by atoms with Gasteiger partial charge < -0.3 is 15.0 Å². The number of likely N-dealkylation sites (tertiary alicyclic amines) is 1. The molecule has 1 spiro atoms. The van der Waals surface area contributed by atoms with Crippen LogP contribution in [0.4, 0.5) is 0 Å². The summed E-state index contributed by atoms with van der Waals surface area (Å²) in [6, 6.07) is 16.2. The van der Waals surface area contributed by atoms with Gasteiger partial charge in [-0.1, -0.05) is 65.1 Å². The van der Waals surface area contributed by atoms with E-state index >= 15 is 0 Å². The fourth-order valence-corrected chi connectivity index (χ4v) is 5.62. The van der Waals surface area contributed by atoms with Crippen LogP contribution in [-0.2, 0) is 4.79 Å². The van der Waals surface area contributed by atoms with Crippen LogP contribution < -0.4 is 10.1 Å². The van der Waals surface area contributed by atoms with Gasteiger partial charge in [0.15, 0.2) is 0 Å². The molecule has 36 heavy (non-hydrogen) atoms. The molecule has 3 heterocycles. The summed E-state index contributed by atoms with van der Waals surface area (Å²) in [5.74, 6) is 0.0125. The lowest BCUT2D eigenvalue weighted by atomic mass is 9.86. The van der Waals surface area contributed by atoms with Gasteiger partial charge >= 0.3 is 0 Å². The average Bonchev–Trinajstić information content (AvgIpc) is 3.26. The van der Waals surface area contributed by atoms with Crippen molar-refractivity contribution >= 4 is 46.6 Å². The zero-order valence-electron chi connectivity index (χ0n) is 19.5. The minimum absolute atomic E-state index is 0.0981. The maximum Gasteiger partial charge on any atom is 0.257 e. The topological polar surface area (TPSA) is 71.5 Å². The minimum Gasteiger partial charge on any atom is -0.485 e. The van der Waals surface area contributed by atoms with Gasteiger partial charge in [-0.05, 0) is 36.8 Å². The molecule has 1 aromatic heterocycles. The molecule has 3 atom stereocenters. The summed E-state index contributed by atoms with van der Waals surface area (Å²) >= 11 is 18.3. The predicted molar refractivity (Wildman–Crippen MR) is 140 cm³/mol. The highest BCUT2D eigenvalue weighted by atomic mass is 35.5. The van der Waals surface area contributed by atoms with Gasteiger partial charge in [-0.25, -0.2) is 4.98 Å². The number of pyridine rings is 1. The van der Waals surface area contributed by atoms with E-state index in [1.54, 1.807) is 11.0 Å². The Morgan fingerprint density at radius 3 is 2.72 bits per heavy atom. The predicted octanol–water partition coefficient (Wildman–Crippen LogP) is 6.07. The van der Waals surface area contributed by atoms with Crippen LogP contribution in [0, 0.1) is 0 Å². The summed E-state index contributed by atoms with van der Waals surface area (Å²) in [6.07, 6.45) is 2.56. The number of nitrogens with zero attached hydrogens (tertiary/aromatic N) is 2. The van der Waals surface area contributed by atoms with Gasteiger partial charge in [-0.15, -0.1) is 0 Å². The molecule has 0 radical (unpaired) electrons. The van der Waals surface area contributed by atoms with Crippen LogP contribution in [0.5, 0.6) is 5.75 Å². The second-order valence-electron chi connectivity index (χ2n) is 9.33. The van der Waals surface area contributed by atoms with Crippen LogP contribution in [0.2, 0.25) is 15.2 Å². The van der Waals surface area contributed by atoms with Gasteiger partial charge in [0.1, 0.15) is 16.5 Å². The molecule has 0 bridgehead atoms. The number of amides is 2. The quantitative estimate of drug-likeness (QED) is 0.405. The Kier molecular flexibility index (Phi) is 6.86. The zero-order chi connectivity index (χ0) is 25.4. The zero-order valence-corrected chi connectivity index (χ0v) is 21.8. The van der Waals surface area contributed by atoms with E-state index in [9.17, 15) is 9.59 Å². The molecular formula is C27H24Cl3N3O3. The lowest BCUT2D eigenvalue weighted by Gasteiger charge is -2.40. The summed E-state index contributed by atoms with van der Waals surface area (Å²) in [5, 5.41) is 4.30. The first-order chi connectivity index (χ1) is 17.2. The number of nitrogens with one attached hydrogen (secondary N) is 1. The van der Waals surface area contributed by atoms with Gasteiger partial charge in [0.05, 0.1) is 29.1 Å². The largest absolute Gasteiger partial charge is 0.485 e. The van der Waals surface area contributed by atoms with Gasteiger partial charge in [-0.3, -0.25) is 9.59 Å². The highest BCUT2D eigenvalue weighted by Crippen LogP contribution is 2.44. The number of benzene rings is 2. The van der Waals surface area contributed by atoms with E-state index in [-0.39, 0.29) is 33.9 Å². The van der Waals surface area contributed by atoms with Gasteiger partial charge in [0.2, 0.25) is 5.91 Å². The van der Waals surface area contributed by atoms with Crippen molar-refractivity contribution in [3.63, 3.8) is 0 Å². The maximum absolute atomic E-state index is 13.3. The lowest BCUT2D eigenvalue weighted by molar-refractivity contribution is -0.123. The SMILES string of the molecule is CC(C(=O)NC1CC2(CCN(C(=O)c3cnc(Cl)cc3Cl)C2)Oc2ccccc21)c1cccc(Cl)c1. The Hall–Kier alpha value is -2.80. The number of hydrogen-bond acceptors (Lipinski definition) is 4. The number of ether oxygens (including phenoxy) is 1. The molecule has 1 N–H and O–H groups in total. The molecule has 1 saturated heterocycles. The van der Waals surface area contributed by atoms with Crippen molar-refractivity contribution in [1.82, 2.24) is 15.2 Å². The van der Waals surface area contributed by atoms with E-state index < -0.39 is 5.60 Å². The van der Waals surface area contributed by atoms with Crippen LogP contribution in [0.25, 0.3) is 0 Å². The van der Waals surface area contributed by atoms with Crippen LogP contribution in [0.3, 0.4) is 0 Å². The molecule has 9 heteroatoms. The van der Waals surface area contributed by atoms with Crippen molar-refractivity contribution in [2.75, 3.05) is 13.1 Å². The number of halogens is 3. The molecule has 2 amide bonds. The van der Waals surface area contributed by atoms with Crippen molar-refractivity contribution in [1.29, 1.82) is 0 Å². The van der Waals surface area contributed by atoms with E-state index in [0.717, 1.165) is 11.1 Å². The fourth-order valence-electron chi connectivity index (χ4n) is 4.97. The summed E-state index contributed by atoms with van der Waals surface area (Å²) in [5.41, 5.74) is 1.44. The second-order valence-corrected chi connectivity index (χ2v) is 10.6. The number of hydrogen-bond donors (Lipinski definition) is 1. The molecule has 2 aliphatic heterocycles. The average molecular weight is 545 g/mol. The van der Waals surface area contributed by atoms with E-state index in [4.69, 9.17) is 39.5 Å². The van der Waals surface area contributed by atoms with Crippen LogP contribution in [0.15, 0.2) is 60.8 Å². The molecule has 0 saturated carbocycles. The highest BCUT2D eigenvalue weighted by Gasteiger charge is 2.48. The monoisotopic (exact) mass is 543 g/mol. The smallest absolute Gasteiger partial charge is 0.257 e.